The summed E-state index contributed by atoms with van der Waals surface area (Å²) in [6.45, 7) is 0.547. The lowest BCUT2D eigenvalue weighted by Gasteiger charge is -2.26. The second kappa shape index (κ2) is 6.27. The van der Waals surface area contributed by atoms with Crippen molar-refractivity contribution in [3.05, 3.63) is 0 Å². The van der Waals surface area contributed by atoms with E-state index in [1.54, 1.807) is 0 Å². The third kappa shape index (κ3) is 5.24. The number of carboxylic acid groups (broad SMARTS) is 1. The predicted molar refractivity (Wildman–Crippen MR) is 55.7 cm³/mol. The Balaban J connectivity index is 1.90. The summed E-state index contributed by atoms with van der Waals surface area (Å²) in [6, 6.07) is 0.221. The lowest BCUT2D eigenvalue weighted by Crippen LogP contribution is -2.45. The molecule has 1 aliphatic rings. The molecule has 2 amide bonds. The topological polar surface area (TPSA) is 78.4 Å². The van der Waals surface area contributed by atoms with Crippen LogP contribution in [-0.4, -0.2) is 29.7 Å². The van der Waals surface area contributed by atoms with Crippen molar-refractivity contribution in [1.29, 1.82) is 0 Å². The van der Waals surface area contributed by atoms with E-state index >= 15 is 0 Å². The van der Waals surface area contributed by atoms with Gasteiger partial charge in [-0.25, -0.2) is 4.79 Å². The van der Waals surface area contributed by atoms with Crippen molar-refractivity contribution in [2.24, 2.45) is 0 Å². The van der Waals surface area contributed by atoms with Gasteiger partial charge in [-0.1, -0.05) is 0 Å². The molecule has 15 heavy (non-hydrogen) atoms. The smallest absolute Gasteiger partial charge is 0.315 e. The van der Waals surface area contributed by atoms with E-state index in [-0.39, 0.29) is 12.5 Å². The van der Waals surface area contributed by atoms with Gasteiger partial charge in [0, 0.05) is 19.0 Å². The summed E-state index contributed by atoms with van der Waals surface area (Å²) in [5, 5.41) is 13.9. The molecule has 0 aromatic heterocycles. The first kappa shape index (κ1) is 11.8. The molecule has 0 heterocycles. The molecule has 5 heteroatoms. The highest BCUT2D eigenvalue weighted by Gasteiger charge is 2.18. The average Bonchev–Trinajstić information content (AvgIpc) is 2.10. The van der Waals surface area contributed by atoms with Gasteiger partial charge in [0.05, 0.1) is 0 Å². The van der Waals surface area contributed by atoms with Crippen LogP contribution in [0, 0.1) is 0 Å². The normalized spacial score (nSPS) is 15.5. The standard InChI is InChI=1S/C10H18N2O3/c13-9(14)6-1-2-7-11-10(15)12-8-4-3-5-8/h8H,1-7H2,(H,13,14)(H2,11,12,15). The van der Waals surface area contributed by atoms with Gasteiger partial charge in [0.1, 0.15) is 0 Å². The van der Waals surface area contributed by atoms with Crippen LogP contribution >= 0.6 is 0 Å². The van der Waals surface area contributed by atoms with Crippen LogP contribution in [0.3, 0.4) is 0 Å². The maximum atomic E-state index is 11.2. The van der Waals surface area contributed by atoms with E-state index in [9.17, 15) is 9.59 Å². The summed E-state index contributed by atoms with van der Waals surface area (Å²) in [7, 11) is 0. The molecule has 0 radical (unpaired) electrons. The highest BCUT2D eigenvalue weighted by molar-refractivity contribution is 5.74. The van der Waals surface area contributed by atoms with E-state index in [1.807, 2.05) is 0 Å². The van der Waals surface area contributed by atoms with Crippen molar-refractivity contribution < 1.29 is 14.7 Å². The van der Waals surface area contributed by atoms with E-state index in [2.05, 4.69) is 10.6 Å². The van der Waals surface area contributed by atoms with Crippen molar-refractivity contribution in [2.45, 2.75) is 44.6 Å². The molecule has 0 aromatic carbocycles. The second-order valence-corrected chi connectivity index (χ2v) is 3.88. The van der Waals surface area contributed by atoms with E-state index in [4.69, 9.17) is 5.11 Å². The average molecular weight is 214 g/mol. The second-order valence-electron chi connectivity index (χ2n) is 3.88. The van der Waals surface area contributed by atoms with Gasteiger partial charge < -0.3 is 15.7 Å². The summed E-state index contributed by atoms with van der Waals surface area (Å²) >= 11 is 0. The molecule has 86 valence electrons. The molecule has 0 aromatic rings. The predicted octanol–water partition coefficient (Wildman–Crippen LogP) is 1.09. The van der Waals surface area contributed by atoms with Crippen LogP contribution in [0.4, 0.5) is 4.79 Å². The van der Waals surface area contributed by atoms with Crippen molar-refractivity contribution >= 4 is 12.0 Å². The molecule has 1 rings (SSSR count). The number of aliphatic carboxylic acids is 1. The number of rotatable bonds is 6. The summed E-state index contributed by atoms with van der Waals surface area (Å²) in [4.78, 5) is 21.4. The first-order valence-electron chi connectivity index (χ1n) is 5.44. The maximum Gasteiger partial charge on any atom is 0.315 e. The van der Waals surface area contributed by atoms with Gasteiger partial charge in [-0.3, -0.25) is 4.79 Å². The third-order valence-corrected chi connectivity index (χ3v) is 2.54. The molecule has 1 fully saturated rings. The third-order valence-electron chi connectivity index (χ3n) is 2.54. The Morgan fingerprint density at radius 1 is 1.27 bits per heavy atom. The first-order valence-corrected chi connectivity index (χ1v) is 5.44. The summed E-state index contributed by atoms with van der Waals surface area (Å²) in [5.74, 6) is -0.783. The molecule has 1 saturated carbocycles. The van der Waals surface area contributed by atoms with Crippen LogP contribution < -0.4 is 10.6 Å². The van der Waals surface area contributed by atoms with Crippen LogP contribution in [0.25, 0.3) is 0 Å². The fourth-order valence-corrected chi connectivity index (χ4v) is 1.39. The number of hydrogen-bond acceptors (Lipinski definition) is 2. The van der Waals surface area contributed by atoms with E-state index in [1.165, 1.54) is 6.42 Å². The fourth-order valence-electron chi connectivity index (χ4n) is 1.39. The zero-order valence-electron chi connectivity index (χ0n) is 8.79. The van der Waals surface area contributed by atoms with E-state index in [0.29, 0.717) is 25.4 Å². The van der Waals surface area contributed by atoms with E-state index < -0.39 is 5.97 Å². The van der Waals surface area contributed by atoms with Gasteiger partial charge in [0.15, 0.2) is 0 Å². The van der Waals surface area contributed by atoms with Gasteiger partial charge in [0.25, 0.3) is 0 Å². The molecule has 0 atom stereocenters. The molecule has 0 aliphatic heterocycles. The van der Waals surface area contributed by atoms with Crippen LogP contribution in [0.1, 0.15) is 38.5 Å². The zero-order valence-corrected chi connectivity index (χ0v) is 8.79. The molecule has 3 N–H and O–H groups in total. The molecule has 1 aliphatic carbocycles. The van der Waals surface area contributed by atoms with E-state index in [0.717, 1.165) is 12.8 Å². The number of nitrogens with one attached hydrogen (secondary N) is 2. The van der Waals surface area contributed by atoms with Crippen molar-refractivity contribution in [3.63, 3.8) is 0 Å². The number of carboxylic acids is 1. The molecule has 5 nitrogen and oxygen atoms in total. The Kier molecular flexibility index (Phi) is 4.93. The van der Waals surface area contributed by atoms with Gasteiger partial charge in [-0.15, -0.1) is 0 Å². The molecular formula is C10H18N2O3. The zero-order chi connectivity index (χ0) is 11.1. The Morgan fingerprint density at radius 3 is 2.53 bits per heavy atom. The minimum Gasteiger partial charge on any atom is -0.481 e. The maximum absolute atomic E-state index is 11.2. The van der Waals surface area contributed by atoms with Crippen molar-refractivity contribution in [2.75, 3.05) is 6.54 Å². The summed E-state index contributed by atoms with van der Waals surface area (Å²) in [6.07, 6.45) is 4.85. The van der Waals surface area contributed by atoms with Crippen LogP contribution in [-0.2, 0) is 4.79 Å². The van der Waals surface area contributed by atoms with Crippen molar-refractivity contribution in [1.82, 2.24) is 10.6 Å². The molecular weight excluding hydrogens is 196 g/mol. The molecule has 0 saturated heterocycles. The monoisotopic (exact) mass is 214 g/mol. The minimum atomic E-state index is -0.783. The first-order chi connectivity index (χ1) is 7.18. The fraction of sp³-hybridized carbons (Fsp3) is 0.800. The van der Waals surface area contributed by atoms with Gasteiger partial charge >= 0.3 is 12.0 Å². The van der Waals surface area contributed by atoms with Crippen molar-refractivity contribution in [3.8, 4) is 0 Å². The number of amides is 2. The van der Waals surface area contributed by atoms with Crippen LogP contribution in [0.2, 0.25) is 0 Å². The quantitative estimate of drug-likeness (QED) is 0.579. The molecule has 0 unspecified atom stereocenters. The number of carbonyl (C=O) groups is 2. The summed E-state index contributed by atoms with van der Waals surface area (Å²) in [5.41, 5.74) is 0. The lowest BCUT2D eigenvalue weighted by molar-refractivity contribution is -0.137. The minimum absolute atomic E-state index is 0.130. The Bertz CT molecular complexity index is 227. The van der Waals surface area contributed by atoms with Gasteiger partial charge in [-0.2, -0.15) is 0 Å². The molecule has 0 bridgehead atoms. The number of unbranched alkanes of at least 4 members (excludes halogenated alkanes) is 1. The Hall–Kier alpha value is -1.26. The van der Waals surface area contributed by atoms with Gasteiger partial charge in [0.2, 0.25) is 0 Å². The van der Waals surface area contributed by atoms with Crippen LogP contribution in [0.15, 0.2) is 0 Å². The SMILES string of the molecule is O=C(O)CCCCNC(=O)NC1CCC1. The number of hydrogen-bond donors (Lipinski definition) is 3. The Morgan fingerprint density at radius 2 is 2.00 bits per heavy atom. The van der Waals surface area contributed by atoms with Crippen LogP contribution in [0.5, 0.6) is 0 Å². The largest absolute Gasteiger partial charge is 0.481 e. The Labute approximate surface area is 89.2 Å². The lowest BCUT2D eigenvalue weighted by atomic mass is 9.93. The highest BCUT2D eigenvalue weighted by atomic mass is 16.4. The summed E-state index contributed by atoms with van der Waals surface area (Å²) < 4.78 is 0. The number of urea groups is 1. The number of carbonyl (C=O) groups excluding carboxylic acids is 1. The van der Waals surface area contributed by atoms with Gasteiger partial charge in [-0.05, 0) is 32.1 Å². The molecule has 0 spiro atoms. The highest BCUT2D eigenvalue weighted by Crippen LogP contribution is 2.17.